The van der Waals surface area contributed by atoms with Crippen LogP contribution in [0.2, 0.25) is 0 Å². The second-order valence-electron chi connectivity index (χ2n) is 5.73. The zero-order valence-electron chi connectivity index (χ0n) is 13.3. The van der Waals surface area contributed by atoms with Crippen LogP contribution in [0.15, 0.2) is 53.4 Å². The summed E-state index contributed by atoms with van der Waals surface area (Å²) in [6.07, 6.45) is 0. The average Bonchev–Trinajstić information content (AvgIpc) is 2.91. The van der Waals surface area contributed by atoms with Gasteiger partial charge in [0, 0.05) is 11.1 Å². The molecule has 4 N–H and O–H groups in total. The highest BCUT2D eigenvalue weighted by Crippen LogP contribution is 2.33. The summed E-state index contributed by atoms with van der Waals surface area (Å²) in [6.45, 7) is 1.74. The Bertz CT molecular complexity index is 1230. The van der Waals surface area contributed by atoms with Gasteiger partial charge in [0.05, 0.1) is 21.3 Å². The van der Waals surface area contributed by atoms with Crippen molar-refractivity contribution in [2.75, 3.05) is 11.5 Å². The molecule has 0 fully saturated rings. The number of nitrogens with zero attached hydrogens (tertiary/aromatic N) is 3. The van der Waals surface area contributed by atoms with E-state index in [4.69, 9.17) is 11.5 Å². The van der Waals surface area contributed by atoms with Gasteiger partial charge >= 0.3 is 0 Å². The van der Waals surface area contributed by atoms with Crippen LogP contribution in [0.25, 0.3) is 21.8 Å². The van der Waals surface area contributed by atoms with Gasteiger partial charge in [0.2, 0.25) is 5.95 Å². The largest absolute Gasteiger partial charge is 0.383 e. The molecule has 126 valence electrons. The van der Waals surface area contributed by atoms with Gasteiger partial charge < -0.3 is 11.5 Å². The predicted molar refractivity (Wildman–Crippen MR) is 97.6 cm³/mol. The number of aromatic nitrogens is 3. The maximum absolute atomic E-state index is 13.1. The molecule has 0 bridgehead atoms. The van der Waals surface area contributed by atoms with Crippen LogP contribution < -0.4 is 11.5 Å². The highest BCUT2D eigenvalue weighted by molar-refractivity contribution is 7.90. The van der Waals surface area contributed by atoms with E-state index in [0.29, 0.717) is 27.5 Å². The molecular weight excluding hydrogens is 338 g/mol. The molecule has 0 aliphatic carbocycles. The van der Waals surface area contributed by atoms with Gasteiger partial charge in [0.15, 0.2) is 0 Å². The lowest BCUT2D eigenvalue weighted by atomic mass is 10.1. The lowest BCUT2D eigenvalue weighted by molar-refractivity contribution is 0.588. The standard InChI is InChI=1S/C17H15N5O2S/c1-10-9-12-14(8-7-13-15(12)16(18)21-17(19)20-13)22(10)25(23,24)11-5-3-2-4-6-11/h2-9H,1H3,(H4,18,19,20,21). The van der Waals surface area contributed by atoms with Crippen LogP contribution in [0.5, 0.6) is 0 Å². The summed E-state index contributed by atoms with van der Waals surface area (Å²) < 4.78 is 27.5. The van der Waals surface area contributed by atoms with Gasteiger partial charge in [-0.1, -0.05) is 18.2 Å². The molecule has 0 spiro atoms. The number of rotatable bonds is 2. The van der Waals surface area contributed by atoms with Crippen molar-refractivity contribution in [1.29, 1.82) is 0 Å². The van der Waals surface area contributed by atoms with Crippen molar-refractivity contribution in [3.8, 4) is 0 Å². The molecule has 4 aromatic rings. The summed E-state index contributed by atoms with van der Waals surface area (Å²) in [5, 5.41) is 1.27. The highest BCUT2D eigenvalue weighted by Gasteiger charge is 2.22. The number of hydrogen-bond donors (Lipinski definition) is 2. The van der Waals surface area contributed by atoms with Crippen LogP contribution in [0, 0.1) is 6.92 Å². The first-order valence-corrected chi connectivity index (χ1v) is 8.98. The highest BCUT2D eigenvalue weighted by atomic mass is 32.2. The third-order valence-electron chi connectivity index (χ3n) is 4.10. The smallest absolute Gasteiger partial charge is 0.268 e. The van der Waals surface area contributed by atoms with Crippen molar-refractivity contribution < 1.29 is 8.42 Å². The fourth-order valence-electron chi connectivity index (χ4n) is 3.08. The molecular formula is C17H15N5O2S. The van der Waals surface area contributed by atoms with E-state index in [1.165, 1.54) is 3.97 Å². The second-order valence-corrected chi connectivity index (χ2v) is 7.51. The van der Waals surface area contributed by atoms with E-state index in [0.717, 1.165) is 0 Å². The Balaban J connectivity index is 2.11. The molecule has 0 amide bonds. The van der Waals surface area contributed by atoms with E-state index < -0.39 is 10.0 Å². The summed E-state index contributed by atoms with van der Waals surface area (Å²) in [5.41, 5.74) is 13.3. The van der Waals surface area contributed by atoms with Crippen molar-refractivity contribution in [3.63, 3.8) is 0 Å². The van der Waals surface area contributed by atoms with Gasteiger partial charge in [0.1, 0.15) is 5.82 Å². The zero-order valence-corrected chi connectivity index (χ0v) is 14.2. The van der Waals surface area contributed by atoms with Crippen molar-refractivity contribution >= 4 is 43.6 Å². The van der Waals surface area contributed by atoms with Crippen molar-refractivity contribution in [2.45, 2.75) is 11.8 Å². The lowest BCUT2D eigenvalue weighted by Gasteiger charge is -2.10. The minimum absolute atomic E-state index is 0.0809. The average molecular weight is 353 g/mol. The van der Waals surface area contributed by atoms with Gasteiger partial charge in [-0.25, -0.2) is 17.4 Å². The Morgan fingerprint density at radius 1 is 1.00 bits per heavy atom. The van der Waals surface area contributed by atoms with Crippen LogP contribution >= 0.6 is 0 Å². The number of hydrogen-bond acceptors (Lipinski definition) is 6. The van der Waals surface area contributed by atoms with Gasteiger partial charge in [0.25, 0.3) is 10.0 Å². The maximum Gasteiger partial charge on any atom is 0.268 e. The Hall–Kier alpha value is -3.13. The van der Waals surface area contributed by atoms with E-state index in [9.17, 15) is 8.42 Å². The molecule has 2 aromatic carbocycles. The van der Waals surface area contributed by atoms with E-state index in [2.05, 4.69) is 9.97 Å². The van der Waals surface area contributed by atoms with Crippen LogP contribution in [-0.4, -0.2) is 22.4 Å². The number of fused-ring (bicyclic) bond motifs is 3. The number of nitrogen functional groups attached to an aromatic ring is 2. The topological polar surface area (TPSA) is 117 Å². The Kier molecular flexibility index (Phi) is 3.19. The van der Waals surface area contributed by atoms with Crippen LogP contribution in [0.3, 0.4) is 0 Å². The Labute approximate surface area is 144 Å². The van der Waals surface area contributed by atoms with E-state index in [1.807, 2.05) is 0 Å². The Morgan fingerprint density at radius 3 is 2.44 bits per heavy atom. The Morgan fingerprint density at radius 2 is 1.72 bits per heavy atom. The van der Waals surface area contributed by atoms with Crippen molar-refractivity contribution in [1.82, 2.24) is 13.9 Å². The predicted octanol–water partition coefficient (Wildman–Crippen LogP) is 2.29. The minimum Gasteiger partial charge on any atom is -0.383 e. The van der Waals surface area contributed by atoms with E-state index in [1.54, 1.807) is 55.5 Å². The molecule has 0 aliphatic heterocycles. The first kappa shape index (κ1) is 15.4. The van der Waals surface area contributed by atoms with Crippen molar-refractivity contribution in [3.05, 3.63) is 54.2 Å². The molecule has 4 rings (SSSR count). The molecule has 2 heterocycles. The first-order chi connectivity index (χ1) is 11.9. The SMILES string of the molecule is Cc1cc2c3c(N)nc(N)nc3ccc2n1S(=O)(=O)c1ccccc1. The van der Waals surface area contributed by atoms with Gasteiger partial charge in [-0.2, -0.15) is 4.98 Å². The second kappa shape index (κ2) is 5.18. The molecule has 7 nitrogen and oxygen atoms in total. The summed E-state index contributed by atoms with van der Waals surface area (Å²) >= 11 is 0. The van der Waals surface area contributed by atoms with E-state index in [-0.39, 0.29) is 16.7 Å². The van der Waals surface area contributed by atoms with Gasteiger partial charge in [-0.15, -0.1) is 0 Å². The van der Waals surface area contributed by atoms with Crippen molar-refractivity contribution in [2.24, 2.45) is 0 Å². The summed E-state index contributed by atoms with van der Waals surface area (Å²) in [7, 11) is -3.73. The van der Waals surface area contributed by atoms with Gasteiger partial charge in [-0.3, -0.25) is 0 Å². The van der Waals surface area contributed by atoms with Crippen LogP contribution in [-0.2, 0) is 10.0 Å². The van der Waals surface area contributed by atoms with E-state index >= 15 is 0 Å². The molecule has 0 saturated heterocycles. The summed E-state index contributed by atoms with van der Waals surface area (Å²) in [5.74, 6) is 0.305. The fraction of sp³-hybridized carbons (Fsp3) is 0.0588. The molecule has 25 heavy (non-hydrogen) atoms. The minimum atomic E-state index is -3.73. The molecule has 0 radical (unpaired) electrons. The fourth-order valence-corrected chi connectivity index (χ4v) is 4.65. The maximum atomic E-state index is 13.1. The third kappa shape index (κ3) is 2.22. The number of benzene rings is 2. The molecule has 0 aliphatic rings. The third-order valence-corrected chi connectivity index (χ3v) is 5.93. The van der Waals surface area contributed by atoms with Gasteiger partial charge in [-0.05, 0) is 37.3 Å². The molecule has 0 saturated carbocycles. The summed E-state index contributed by atoms with van der Waals surface area (Å²) in [4.78, 5) is 8.39. The number of aryl methyl sites for hydroxylation is 1. The number of nitrogens with two attached hydrogens (primary N) is 2. The van der Waals surface area contributed by atoms with Crippen LogP contribution in [0.4, 0.5) is 11.8 Å². The first-order valence-electron chi connectivity index (χ1n) is 7.54. The number of anilines is 2. The molecule has 0 unspecified atom stereocenters. The molecule has 0 atom stereocenters. The zero-order chi connectivity index (χ0) is 17.8. The quantitative estimate of drug-likeness (QED) is 0.571. The summed E-state index contributed by atoms with van der Waals surface area (Å²) in [6, 6.07) is 13.5. The lowest BCUT2D eigenvalue weighted by Crippen LogP contribution is -2.14. The molecule has 2 aromatic heterocycles. The monoisotopic (exact) mass is 353 g/mol. The van der Waals surface area contributed by atoms with Crippen LogP contribution in [0.1, 0.15) is 5.69 Å². The molecule has 8 heteroatoms. The normalized spacial score (nSPS) is 12.0.